The summed E-state index contributed by atoms with van der Waals surface area (Å²) in [6, 6.07) is 14.1. The van der Waals surface area contributed by atoms with Crippen molar-refractivity contribution >= 4 is 15.9 Å². The molecule has 1 unspecified atom stereocenters. The third-order valence-corrected chi connectivity index (χ3v) is 3.01. The van der Waals surface area contributed by atoms with Gasteiger partial charge in [0, 0.05) is 10.7 Å². The van der Waals surface area contributed by atoms with Gasteiger partial charge in [0.05, 0.1) is 18.4 Å². The van der Waals surface area contributed by atoms with Gasteiger partial charge in [-0.2, -0.15) is 0 Å². The van der Waals surface area contributed by atoms with Crippen molar-refractivity contribution in [3.63, 3.8) is 0 Å². The first kappa shape index (κ1) is 12.3. The quantitative estimate of drug-likeness (QED) is 0.845. The molecule has 0 spiro atoms. The Morgan fingerprint density at radius 2 is 1.94 bits per heavy atom. The molecule has 0 saturated heterocycles. The van der Waals surface area contributed by atoms with Gasteiger partial charge in [0.2, 0.25) is 0 Å². The van der Waals surface area contributed by atoms with E-state index in [-0.39, 0.29) is 6.10 Å². The molecule has 0 bridgehead atoms. The minimum Gasteiger partial charge on any atom is -0.368 e. The molecule has 2 rings (SSSR count). The van der Waals surface area contributed by atoms with Crippen LogP contribution in [0.25, 0.3) is 0 Å². The Bertz CT molecular complexity index is 455. The Labute approximate surface area is 110 Å². The average molecular weight is 292 g/mol. The van der Waals surface area contributed by atoms with E-state index in [2.05, 4.69) is 33.0 Å². The van der Waals surface area contributed by atoms with Crippen LogP contribution in [-0.4, -0.2) is 4.98 Å². The first-order chi connectivity index (χ1) is 8.25. The van der Waals surface area contributed by atoms with Crippen LogP contribution in [0, 0.1) is 0 Å². The van der Waals surface area contributed by atoms with Gasteiger partial charge in [-0.25, -0.2) is 0 Å². The summed E-state index contributed by atoms with van der Waals surface area (Å²) in [6.45, 7) is 2.58. The van der Waals surface area contributed by atoms with E-state index in [1.807, 2.05) is 37.3 Å². The second-order valence-electron chi connectivity index (χ2n) is 3.83. The summed E-state index contributed by atoms with van der Waals surface area (Å²) in [5.74, 6) is 0. The molecule has 0 aliphatic heterocycles. The van der Waals surface area contributed by atoms with Gasteiger partial charge in [0.25, 0.3) is 0 Å². The van der Waals surface area contributed by atoms with Crippen molar-refractivity contribution in [3.8, 4) is 0 Å². The maximum atomic E-state index is 5.78. The van der Waals surface area contributed by atoms with Crippen LogP contribution < -0.4 is 0 Å². The van der Waals surface area contributed by atoms with Crippen LogP contribution in [0.2, 0.25) is 0 Å². The molecule has 0 N–H and O–H groups in total. The fraction of sp³-hybridized carbons (Fsp3) is 0.214. The second kappa shape index (κ2) is 5.94. The highest BCUT2D eigenvalue weighted by Crippen LogP contribution is 2.17. The van der Waals surface area contributed by atoms with E-state index in [9.17, 15) is 0 Å². The first-order valence-corrected chi connectivity index (χ1v) is 6.32. The number of hydrogen-bond donors (Lipinski definition) is 0. The lowest BCUT2D eigenvalue weighted by Crippen LogP contribution is -2.01. The maximum Gasteiger partial charge on any atom is 0.0896 e. The van der Waals surface area contributed by atoms with Gasteiger partial charge in [-0.15, -0.1) is 0 Å². The summed E-state index contributed by atoms with van der Waals surface area (Å²) >= 11 is 3.36. The van der Waals surface area contributed by atoms with Gasteiger partial charge in [0.1, 0.15) is 0 Å². The molecule has 0 saturated carbocycles. The molecule has 17 heavy (non-hydrogen) atoms. The number of pyridine rings is 1. The molecule has 3 heteroatoms. The van der Waals surface area contributed by atoms with Crippen LogP contribution in [0.1, 0.15) is 24.3 Å². The lowest BCUT2D eigenvalue weighted by Gasteiger charge is -2.12. The number of nitrogens with zero attached hydrogens (tertiary/aromatic N) is 1. The van der Waals surface area contributed by atoms with Crippen LogP contribution in [-0.2, 0) is 11.3 Å². The molecule has 0 aliphatic rings. The second-order valence-corrected chi connectivity index (χ2v) is 4.75. The highest BCUT2D eigenvalue weighted by molar-refractivity contribution is 9.10. The molecule has 1 aromatic carbocycles. The smallest absolute Gasteiger partial charge is 0.0896 e. The van der Waals surface area contributed by atoms with Gasteiger partial charge in [-0.1, -0.05) is 30.3 Å². The number of rotatable bonds is 4. The highest BCUT2D eigenvalue weighted by atomic mass is 79.9. The monoisotopic (exact) mass is 291 g/mol. The van der Waals surface area contributed by atoms with E-state index in [1.54, 1.807) is 6.20 Å². The van der Waals surface area contributed by atoms with Crippen molar-refractivity contribution in [3.05, 3.63) is 64.4 Å². The minimum absolute atomic E-state index is 0.0849. The maximum absolute atomic E-state index is 5.78. The van der Waals surface area contributed by atoms with Crippen LogP contribution in [0.5, 0.6) is 0 Å². The molecule has 0 radical (unpaired) electrons. The predicted octanol–water partition coefficient (Wildman–Crippen LogP) is 4.12. The van der Waals surface area contributed by atoms with Crippen molar-refractivity contribution in [1.29, 1.82) is 0 Å². The van der Waals surface area contributed by atoms with Crippen LogP contribution in [0.4, 0.5) is 0 Å². The van der Waals surface area contributed by atoms with E-state index in [1.165, 1.54) is 5.56 Å². The van der Waals surface area contributed by atoms with E-state index >= 15 is 0 Å². The fourth-order valence-electron chi connectivity index (χ4n) is 1.52. The highest BCUT2D eigenvalue weighted by Gasteiger charge is 2.05. The molecule has 1 aromatic heterocycles. The fourth-order valence-corrected chi connectivity index (χ4v) is 1.76. The summed E-state index contributed by atoms with van der Waals surface area (Å²) in [5.41, 5.74) is 2.13. The van der Waals surface area contributed by atoms with Crippen LogP contribution in [0.15, 0.2) is 53.1 Å². The summed E-state index contributed by atoms with van der Waals surface area (Å²) < 4.78 is 6.76. The summed E-state index contributed by atoms with van der Waals surface area (Å²) in [6.07, 6.45) is 1.87. The van der Waals surface area contributed by atoms with Crippen molar-refractivity contribution in [1.82, 2.24) is 4.98 Å². The van der Waals surface area contributed by atoms with Gasteiger partial charge in [-0.05, 0) is 40.5 Å². The number of ether oxygens (including phenoxy) is 1. The zero-order valence-corrected chi connectivity index (χ0v) is 11.2. The number of halogens is 1. The Morgan fingerprint density at radius 1 is 1.18 bits per heavy atom. The van der Waals surface area contributed by atoms with Crippen molar-refractivity contribution in [2.24, 2.45) is 0 Å². The van der Waals surface area contributed by atoms with Gasteiger partial charge in [0.15, 0.2) is 0 Å². The Kier molecular flexibility index (Phi) is 4.29. The average Bonchev–Trinajstić information content (AvgIpc) is 2.39. The summed E-state index contributed by atoms with van der Waals surface area (Å²) in [5, 5.41) is 0. The molecule has 88 valence electrons. The molecule has 2 nitrogen and oxygen atoms in total. The molecule has 0 amide bonds. The largest absolute Gasteiger partial charge is 0.368 e. The lowest BCUT2D eigenvalue weighted by atomic mass is 10.1. The molecule has 0 fully saturated rings. The van der Waals surface area contributed by atoms with E-state index in [0.717, 1.165) is 10.2 Å². The molecular weight excluding hydrogens is 278 g/mol. The first-order valence-electron chi connectivity index (χ1n) is 5.52. The number of hydrogen-bond acceptors (Lipinski definition) is 2. The van der Waals surface area contributed by atoms with Crippen LogP contribution >= 0.6 is 15.9 Å². The molecule has 2 aromatic rings. The van der Waals surface area contributed by atoms with E-state index in [0.29, 0.717) is 6.61 Å². The van der Waals surface area contributed by atoms with Crippen molar-refractivity contribution in [2.75, 3.05) is 0 Å². The summed E-state index contributed by atoms with van der Waals surface area (Å²) in [7, 11) is 0. The topological polar surface area (TPSA) is 22.1 Å². The standard InChI is InChI=1S/C14H14BrNO/c1-11(12-5-3-2-4-6-12)17-10-14-8-7-13(15)9-16-14/h2-9,11H,10H2,1H3. The Morgan fingerprint density at radius 3 is 2.59 bits per heavy atom. The third kappa shape index (κ3) is 3.65. The molecule has 0 aliphatic carbocycles. The number of aromatic nitrogens is 1. The van der Waals surface area contributed by atoms with Gasteiger partial charge >= 0.3 is 0 Å². The lowest BCUT2D eigenvalue weighted by molar-refractivity contribution is 0.0505. The normalized spacial score (nSPS) is 12.4. The SMILES string of the molecule is CC(OCc1ccc(Br)cn1)c1ccccc1. The van der Waals surface area contributed by atoms with E-state index in [4.69, 9.17) is 4.74 Å². The van der Waals surface area contributed by atoms with E-state index < -0.39 is 0 Å². The zero-order chi connectivity index (χ0) is 12.1. The van der Waals surface area contributed by atoms with Crippen LogP contribution in [0.3, 0.4) is 0 Å². The van der Waals surface area contributed by atoms with Gasteiger partial charge < -0.3 is 4.74 Å². The minimum atomic E-state index is 0.0849. The Balaban J connectivity index is 1.92. The molecular formula is C14H14BrNO. The third-order valence-electron chi connectivity index (χ3n) is 2.54. The predicted molar refractivity (Wildman–Crippen MR) is 71.6 cm³/mol. The van der Waals surface area contributed by atoms with Gasteiger partial charge in [-0.3, -0.25) is 4.98 Å². The molecule has 1 heterocycles. The zero-order valence-electron chi connectivity index (χ0n) is 9.64. The Hall–Kier alpha value is -1.19. The van der Waals surface area contributed by atoms with Crippen molar-refractivity contribution in [2.45, 2.75) is 19.6 Å². The summed E-state index contributed by atoms with van der Waals surface area (Å²) in [4.78, 5) is 4.27. The molecule has 1 atom stereocenters. The van der Waals surface area contributed by atoms with Crippen molar-refractivity contribution < 1.29 is 4.74 Å². The number of benzene rings is 1.